The van der Waals surface area contributed by atoms with Crippen LogP contribution in [-0.4, -0.2) is 31.9 Å². The van der Waals surface area contributed by atoms with E-state index in [1.54, 1.807) is 52.0 Å². The van der Waals surface area contributed by atoms with Crippen molar-refractivity contribution in [2.24, 2.45) is 0 Å². The molecule has 0 spiro atoms. The second-order valence-corrected chi connectivity index (χ2v) is 6.60. The van der Waals surface area contributed by atoms with Gasteiger partial charge >= 0.3 is 13.8 Å². The number of phosphoric ester groups is 1. The molecule has 0 heterocycles. The van der Waals surface area contributed by atoms with E-state index >= 15 is 0 Å². The van der Waals surface area contributed by atoms with Gasteiger partial charge in [0.15, 0.2) is 12.2 Å². The molecule has 1 aromatic rings. The number of nitrogens with zero attached hydrogens (tertiary/aromatic N) is 1. The van der Waals surface area contributed by atoms with Gasteiger partial charge in [-0.15, -0.1) is 0 Å². The van der Waals surface area contributed by atoms with Crippen molar-refractivity contribution in [3.63, 3.8) is 0 Å². The Morgan fingerprint density at radius 2 is 1.69 bits per heavy atom. The summed E-state index contributed by atoms with van der Waals surface area (Å²) in [7, 11) is -3.83. The lowest BCUT2D eigenvalue weighted by molar-refractivity contribution is -0.150. The first-order chi connectivity index (χ1) is 12.4. The molecule has 0 amide bonds. The number of phosphoric acid groups is 1. The van der Waals surface area contributed by atoms with Crippen LogP contribution < -0.4 is 4.74 Å². The molecule has 26 heavy (non-hydrogen) atoms. The van der Waals surface area contributed by atoms with E-state index in [0.29, 0.717) is 11.3 Å². The van der Waals surface area contributed by atoms with Crippen LogP contribution in [-0.2, 0) is 27.7 Å². The fourth-order valence-electron chi connectivity index (χ4n) is 1.94. The third kappa shape index (κ3) is 6.77. The van der Waals surface area contributed by atoms with Crippen molar-refractivity contribution < 1.29 is 32.4 Å². The summed E-state index contributed by atoms with van der Waals surface area (Å²) < 4.78 is 38.1. The van der Waals surface area contributed by atoms with Crippen molar-refractivity contribution >= 4 is 13.8 Å². The number of ether oxygens (including phenoxy) is 2. The van der Waals surface area contributed by atoms with E-state index in [-0.39, 0.29) is 19.8 Å². The monoisotopic (exact) mass is 385 g/mol. The normalized spacial score (nSPS) is 13.5. The van der Waals surface area contributed by atoms with Gasteiger partial charge in [-0.05, 0) is 45.4 Å². The predicted octanol–water partition coefficient (Wildman–Crippen LogP) is 3.78. The Kier molecular flexibility index (Phi) is 9.31. The Labute approximate surface area is 153 Å². The summed E-state index contributed by atoms with van der Waals surface area (Å²) >= 11 is 0. The molecule has 0 radical (unpaired) electrons. The van der Waals surface area contributed by atoms with E-state index in [9.17, 15) is 14.6 Å². The molecule has 0 fully saturated rings. The number of benzene rings is 1. The lowest BCUT2D eigenvalue weighted by Gasteiger charge is -2.20. The molecule has 1 aromatic carbocycles. The minimum Gasteiger partial charge on any atom is -0.479 e. The second-order valence-electron chi connectivity index (χ2n) is 4.98. The topological polar surface area (TPSA) is 104 Å². The summed E-state index contributed by atoms with van der Waals surface area (Å²) in [5.74, 6) is -0.0482. The van der Waals surface area contributed by atoms with Crippen LogP contribution in [0, 0.1) is 11.3 Å². The van der Waals surface area contributed by atoms with E-state index in [0.717, 1.165) is 0 Å². The lowest BCUT2D eigenvalue weighted by atomic mass is 10.1. The van der Waals surface area contributed by atoms with Gasteiger partial charge < -0.3 is 9.47 Å². The molecule has 1 rings (SSSR count). The molecule has 0 N–H and O–H groups in total. The molecule has 2 unspecified atom stereocenters. The largest absolute Gasteiger partial charge is 0.479 e. The molecule has 2 atom stereocenters. The fraction of sp³-hybridized carbons (Fsp3) is 0.529. The van der Waals surface area contributed by atoms with Crippen molar-refractivity contribution in [1.82, 2.24) is 0 Å². The molecule has 0 aliphatic heterocycles. The minimum atomic E-state index is -3.83. The van der Waals surface area contributed by atoms with E-state index in [4.69, 9.17) is 23.0 Å². The Balaban J connectivity index is 2.83. The van der Waals surface area contributed by atoms with Gasteiger partial charge in [-0.25, -0.2) is 9.36 Å². The van der Waals surface area contributed by atoms with Crippen LogP contribution in [0.25, 0.3) is 0 Å². The first-order valence-corrected chi connectivity index (χ1v) is 9.75. The van der Waals surface area contributed by atoms with Crippen LogP contribution in [0.2, 0.25) is 0 Å². The molecule has 0 bridgehead atoms. The highest BCUT2D eigenvalue weighted by molar-refractivity contribution is 7.48. The number of rotatable bonds is 11. The first kappa shape index (κ1) is 22.1. The number of hydrogen-bond acceptors (Lipinski definition) is 8. The highest BCUT2D eigenvalue weighted by Crippen LogP contribution is 2.52. The van der Waals surface area contributed by atoms with Crippen LogP contribution in [0.5, 0.6) is 5.75 Å². The number of esters is 1. The second kappa shape index (κ2) is 10.9. The Morgan fingerprint density at radius 1 is 1.12 bits per heavy atom. The SMILES string of the molecule is CCOC(=O)C(C)Oc1ccc(C(C#N)OP(=O)(OCC)OCC)cc1. The summed E-state index contributed by atoms with van der Waals surface area (Å²) in [6.45, 7) is 7.09. The molecule has 144 valence electrons. The van der Waals surface area contributed by atoms with Gasteiger partial charge in [-0.3, -0.25) is 13.6 Å². The zero-order valence-electron chi connectivity index (χ0n) is 15.3. The molecule has 0 aliphatic carbocycles. The zero-order chi connectivity index (χ0) is 19.6. The van der Waals surface area contributed by atoms with E-state index < -0.39 is 26.0 Å². The van der Waals surface area contributed by atoms with E-state index in [1.807, 2.05) is 6.07 Å². The van der Waals surface area contributed by atoms with Crippen LogP contribution in [0.1, 0.15) is 39.4 Å². The van der Waals surface area contributed by atoms with Crippen LogP contribution in [0.4, 0.5) is 0 Å². The Bertz CT molecular complexity index is 646. The van der Waals surface area contributed by atoms with Gasteiger partial charge in [-0.2, -0.15) is 5.26 Å². The van der Waals surface area contributed by atoms with Gasteiger partial charge in [0.2, 0.25) is 0 Å². The highest BCUT2D eigenvalue weighted by Gasteiger charge is 2.31. The Morgan fingerprint density at radius 3 is 2.15 bits per heavy atom. The van der Waals surface area contributed by atoms with Crippen molar-refractivity contribution in [3.8, 4) is 11.8 Å². The van der Waals surface area contributed by atoms with E-state index in [1.165, 1.54) is 0 Å². The molecule has 9 heteroatoms. The minimum absolute atomic E-state index is 0.119. The summed E-state index contributed by atoms with van der Waals surface area (Å²) in [6, 6.07) is 8.21. The summed E-state index contributed by atoms with van der Waals surface area (Å²) in [6.07, 6.45) is -1.91. The van der Waals surface area contributed by atoms with Crippen molar-refractivity contribution in [1.29, 1.82) is 5.26 Å². The number of nitriles is 1. The third-order valence-corrected chi connectivity index (χ3v) is 4.66. The van der Waals surface area contributed by atoms with Crippen molar-refractivity contribution in [2.75, 3.05) is 19.8 Å². The van der Waals surface area contributed by atoms with Gasteiger partial charge in [0.25, 0.3) is 0 Å². The van der Waals surface area contributed by atoms with E-state index in [2.05, 4.69) is 0 Å². The van der Waals surface area contributed by atoms with Crippen LogP contribution >= 0.6 is 7.82 Å². The maximum atomic E-state index is 12.4. The standard InChI is InChI=1S/C17H24NO7P/c1-5-21-17(19)13(4)24-15-10-8-14(9-11-15)16(12-18)25-26(20,22-6-2)23-7-3/h8-11,13,16H,5-7H2,1-4H3. The molecular formula is C17H24NO7P. The third-order valence-electron chi connectivity index (χ3n) is 3.04. The molecule has 0 saturated heterocycles. The average Bonchev–Trinajstić information content (AvgIpc) is 2.61. The first-order valence-electron chi connectivity index (χ1n) is 8.29. The predicted molar refractivity (Wildman–Crippen MR) is 93.5 cm³/mol. The summed E-state index contributed by atoms with van der Waals surface area (Å²) in [5, 5.41) is 9.33. The molecule has 8 nitrogen and oxygen atoms in total. The smallest absolute Gasteiger partial charge is 0.476 e. The highest BCUT2D eigenvalue weighted by atomic mass is 31.2. The van der Waals surface area contributed by atoms with Gasteiger partial charge in [0.1, 0.15) is 5.75 Å². The fourth-order valence-corrected chi connectivity index (χ4v) is 3.19. The van der Waals surface area contributed by atoms with Gasteiger partial charge in [0.05, 0.1) is 25.9 Å². The lowest BCUT2D eigenvalue weighted by Crippen LogP contribution is -2.26. The maximum absolute atomic E-state index is 12.4. The number of hydrogen-bond donors (Lipinski definition) is 0. The number of carbonyl (C=O) groups is 1. The summed E-state index contributed by atoms with van der Waals surface area (Å²) in [5.41, 5.74) is 0.447. The van der Waals surface area contributed by atoms with Crippen molar-refractivity contribution in [2.45, 2.75) is 39.9 Å². The van der Waals surface area contributed by atoms with Gasteiger partial charge in [-0.1, -0.05) is 12.1 Å². The summed E-state index contributed by atoms with van der Waals surface area (Å²) in [4.78, 5) is 11.6. The number of carbonyl (C=O) groups excluding carboxylic acids is 1. The van der Waals surface area contributed by atoms with Crippen LogP contribution in [0.15, 0.2) is 24.3 Å². The molecular weight excluding hydrogens is 361 g/mol. The molecule has 0 aliphatic rings. The van der Waals surface area contributed by atoms with Crippen molar-refractivity contribution in [3.05, 3.63) is 29.8 Å². The average molecular weight is 385 g/mol. The quantitative estimate of drug-likeness (QED) is 0.419. The molecule has 0 saturated carbocycles. The van der Waals surface area contributed by atoms with Gasteiger partial charge in [0, 0.05) is 0 Å². The van der Waals surface area contributed by atoms with Crippen LogP contribution in [0.3, 0.4) is 0 Å². The Hall–Kier alpha value is -1.91. The maximum Gasteiger partial charge on any atom is 0.476 e. The molecule has 0 aromatic heterocycles. The zero-order valence-corrected chi connectivity index (χ0v) is 16.2.